The average molecular weight is 273 g/mol. The Morgan fingerprint density at radius 1 is 1.41 bits per heavy atom. The molecule has 0 N–H and O–H groups in total. The van der Waals surface area contributed by atoms with Gasteiger partial charge in [0.1, 0.15) is 6.54 Å². The quantitative estimate of drug-likeness (QED) is 0.771. The molecule has 6 heteroatoms. The van der Waals surface area contributed by atoms with Gasteiger partial charge in [0.2, 0.25) is 10.0 Å². The van der Waals surface area contributed by atoms with Crippen molar-refractivity contribution in [2.24, 2.45) is 0 Å². The maximum Gasteiger partial charge on any atom is 0.219 e. The molecule has 0 aliphatic carbocycles. The van der Waals surface area contributed by atoms with E-state index in [9.17, 15) is 8.42 Å². The van der Waals surface area contributed by atoms with E-state index in [1.807, 2.05) is 6.07 Å². The van der Waals surface area contributed by atoms with E-state index in [4.69, 9.17) is 16.9 Å². The van der Waals surface area contributed by atoms with Crippen molar-refractivity contribution in [2.45, 2.75) is 12.7 Å². The standard InChI is InChI=1S/C11H13ClN2O2S/c1-2-14(8-7-13)17(15,16)9-10-5-3-4-6-11(10)12/h3-6H,2,8-9H2,1H3. The fraction of sp³-hybridized carbons (Fsp3) is 0.364. The zero-order chi connectivity index (χ0) is 12.9. The van der Waals surface area contributed by atoms with Crippen molar-refractivity contribution in [3.8, 4) is 6.07 Å². The molecule has 0 fully saturated rings. The van der Waals surface area contributed by atoms with Crippen molar-refractivity contribution >= 4 is 21.6 Å². The number of rotatable bonds is 5. The van der Waals surface area contributed by atoms with Gasteiger partial charge in [0.25, 0.3) is 0 Å². The molecule has 0 unspecified atom stereocenters. The zero-order valence-corrected chi connectivity index (χ0v) is 11.0. The molecule has 4 nitrogen and oxygen atoms in total. The lowest BCUT2D eigenvalue weighted by Gasteiger charge is -2.17. The Bertz CT molecular complexity index is 523. The fourth-order valence-corrected chi connectivity index (χ4v) is 3.15. The van der Waals surface area contributed by atoms with Crippen LogP contribution in [0.15, 0.2) is 24.3 Å². The number of benzene rings is 1. The van der Waals surface area contributed by atoms with Gasteiger partial charge >= 0.3 is 0 Å². The molecular formula is C11H13ClN2O2S. The first kappa shape index (κ1) is 14.0. The summed E-state index contributed by atoms with van der Waals surface area (Å²) in [6.45, 7) is 1.84. The SMILES string of the molecule is CCN(CC#N)S(=O)(=O)Cc1ccccc1Cl. The van der Waals surface area contributed by atoms with Crippen LogP contribution < -0.4 is 0 Å². The second-order valence-corrected chi connectivity index (χ2v) is 5.81. The van der Waals surface area contributed by atoms with Crippen LogP contribution in [-0.4, -0.2) is 25.8 Å². The number of sulfonamides is 1. The van der Waals surface area contributed by atoms with Crippen LogP contribution in [-0.2, 0) is 15.8 Å². The molecule has 0 radical (unpaired) electrons. The molecule has 92 valence electrons. The number of hydrogen-bond donors (Lipinski definition) is 0. The summed E-state index contributed by atoms with van der Waals surface area (Å²) in [6, 6.07) is 8.63. The van der Waals surface area contributed by atoms with Crippen molar-refractivity contribution in [3.63, 3.8) is 0 Å². The van der Waals surface area contributed by atoms with E-state index in [2.05, 4.69) is 0 Å². The van der Waals surface area contributed by atoms with E-state index >= 15 is 0 Å². The molecule has 0 aliphatic heterocycles. The first-order valence-electron chi connectivity index (χ1n) is 5.09. The van der Waals surface area contributed by atoms with Crippen LogP contribution in [0.3, 0.4) is 0 Å². The summed E-state index contributed by atoms with van der Waals surface area (Å²) >= 11 is 5.91. The molecule has 0 saturated carbocycles. The predicted octanol–water partition coefficient (Wildman–Crippen LogP) is 2.02. The van der Waals surface area contributed by atoms with Crippen LogP contribution in [0.4, 0.5) is 0 Å². The van der Waals surface area contributed by atoms with Crippen LogP contribution in [0.2, 0.25) is 5.02 Å². The Morgan fingerprint density at radius 2 is 2.06 bits per heavy atom. The van der Waals surface area contributed by atoms with Crippen molar-refractivity contribution in [1.82, 2.24) is 4.31 Å². The fourth-order valence-electron chi connectivity index (χ4n) is 1.39. The smallest absolute Gasteiger partial charge is 0.212 e. The first-order valence-corrected chi connectivity index (χ1v) is 7.08. The van der Waals surface area contributed by atoms with E-state index in [0.29, 0.717) is 10.6 Å². The second-order valence-electron chi connectivity index (χ2n) is 3.43. The van der Waals surface area contributed by atoms with Gasteiger partial charge in [0.05, 0.1) is 11.8 Å². The monoisotopic (exact) mass is 272 g/mol. The summed E-state index contributed by atoms with van der Waals surface area (Å²) in [7, 11) is -3.48. The molecule has 0 heterocycles. The largest absolute Gasteiger partial charge is 0.219 e. The highest BCUT2D eigenvalue weighted by atomic mass is 35.5. The van der Waals surface area contributed by atoms with Gasteiger partial charge in [-0.1, -0.05) is 36.7 Å². The van der Waals surface area contributed by atoms with Crippen LogP contribution >= 0.6 is 11.6 Å². The van der Waals surface area contributed by atoms with E-state index in [1.54, 1.807) is 31.2 Å². The molecule has 0 spiro atoms. The summed E-state index contributed by atoms with van der Waals surface area (Å²) in [6.07, 6.45) is 0. The predicted molar refractivity (Wildman–Crippen MR) is 66.9 cm³/mol. The summed E-state index contributed by atoms with van der Waals surface area (Å²) in [5.74, 6) is -0.178. The minimum absolute atomic E-state index is 0.136. The average Bonchev–Trinajstić information content (AvgIpc) is 2.28. The normalized spacial score (nSPS) is 11.4. The number of halogens is 1. The van der Waals surface area contributed by atoms with Gasteiger partial charge in [0.15, 0.2) is 0 Å². The molecule has 0 aromatic heterocycles. The van der Waals surface area contributed by atoms with Crippen molar-refractivity contribution in [2.75, 3.05) is 13.1 Å². The van der Waals surface area contributed by atoms with Gasteiger partial charge in [0, 0.05) is 11.6 Å². The Hall–Kier alpha value is -1.09. The van der Waals surface area contributed by atoms with Gasteiger partial charge in [-0.3, -0.25) is 0 Å². The number of hydrogen-bond acceptors (Lipinski definition) is 3. The molecular weight excluding hydrogens is 260 g/mol. The van der Waals surface area contributed by atoms with Crippen molar-refractivity contribution in [3.05, 3.63) is 34.9 Å². The highest BCUT2D eigenvalue weighted by Gasteiger charge is 2.21. The summed E-state index contributed by atoms with van der Waals surface area (Å²) in [4.78, 5) is 0. The Balaban J connectivity index is 2.94. The van der Waals surface area contributed by atoms with Crippen LogP contribution in [0.1, 0.15) is 12.5 Å². The highest BCUT2D eigenvalue weighted by Crippen LogP contribution is 2.19. The Labute approximate surface area is 106 Å². The number of nitriles is 1. The molecule has 1 rings (SSSR count). The van der Waals surface area contributed by atoms with Gasteiger partial charge in [-0.15, -0.1) is 0 Å². The summed E-state index contributed by atoms with van der Waals surface area (Å²) < 4.78 is 25.1. The lowest BCUT2D eigenvalue weighted by Crippen LogP contribution is -2.32. The third-order valence-corrected chi connectivity index (χ3v) is 4.51. The highest BCUT2D eigenvalue weighted by molar-refractivity contribution is 7.88. The molecule has 1 aromatic carbocycles. The summed E-state index contributed by atoms with van der Waals surface area (Å²) in [5, 5.41) is 8.99. The Kier molecular flexibility index (Phi) is 4.94. The lowest BCUT2D eigenvalue weighted by molar-refractivity contribution is 0.462. The van der Waals surface area contributed by atoms with Crippen molar-refractivity contribution in [1.29, 1.82) is 5.26 Å². The van der Waals surface area contributed by atoms with Crippen LogP contribution in [0.25, 0.3) is 0 Å². The van der Waals surface area contributed by atoms with E-state index in [-0.39, 0.29) is 18.8 Å². The maximum atomic E-state index is 12.0. The third kappa shape index (κ3) is 3.70. The maximum absolute atomic E-state index is 12.0. The molecule has 0 amide bonds. The lowest BCUT2D eigenvalue weighted by atomic mass is 10.2. The van der Waals surface area contributed by atoms with E-state index in [0.717, 1.165) is 4.31 Å². The third-order valence-electron chi connectivity index (χ3n) is 2.29. The van der Waals surface area contributed by atoms with E-state index < -0.39 is 10.0 Å². The molecule has 0 aliphatic rings. The summed E-state index contributed by atoms with van der Waals surface area (Å²) in [5.41, 5.74) is 0.547. The van der Waals surface area contributed by atoms with Gasteiger partial charge in [-0.05, 0) is 11.6 Å². The molecule has 0 saturated heterocycles. The number of nitrogens with zero attached hydrogens (tertiary/aromatic N) is 2. The molecule has 17 heavy (non-hydrogen) atoms. The van der Waals surface area contributed by atoms with Gasteiger partial charge in [-0.2, -0.15) is 9.57 Å². The molecule has 0 bridgehead atoms. The first-order chi connectivity index (χ1) is 8.01. The van der Waals surface area contributed by atoms with E-state index in [1.165, 1.54) is 0 Å². The topological polar surface area (TPSA) is 61.2 Å². The molecule has 0 atom stereocenters. The van der Waals surface area contributed by atoms with Gasteiger partial charge in [-0.25, -0.2) is 8.42 Å². The Morgan fingerprint density at radius 3 is 2.59 bits per heavy atom. The van der Waals surface area contributed by atoms with Crippen LogP contribution in [0, 0.1) is 11.3 Å². The second kappa shape index (κ2) is 6.01. The minimum Gasteiger partial charge on any atom is -0.212 e. The van der Waals surface area contributed by atoms with Gasteiger partial charge < -0.3 is 0 Å². The van der Waals surface area contributed by atoms with Crippen LogP contribution in [0.5, 0.6) is 0 Å². The zero-order valence-electron chi connectivity index (χ0n) is 9.43. The molecule has 1 aromatic rings. The van der Waals surface area contributed by atoms with Crippen molar-refractivity contribution < 1.29 is 8.42 Å². The minimum atomic E-state index is -3.48.